The van der Waals surface area contributed by atoms with Crippen molar-refractivity contribution in [1.82, 2.24) is 16.1 Å². The molecule has 1 aromatic carbocycles. The van der Waals surface area contributed by atoms with Crippen LogP contribution in [0.2, 0.25) is 0 Å². The summed E-state index contributed by atoms with van der Waals surface area (Å²) in [7, 11) is 0. The van der Waals surface area contributed by atoms with Crippen LogP contribution in [0, 0.1) is 0 Å². The minimum Gasteiger partial charge on any atom is -0.481 e. The molecule has 0 aliphatic heterocycles. The van der Waals surface area contributed by atoms with E-state index in [1.54, 1.807) is 6.07 Å². The third kappa shape index (κ3) is 8.03. The number of nitrogens with zero attached hydrogens (tertiary/aromatic N) is 1. The lowest BCUT2D eigenvalue weighted by Crippen LogP contribution is -2.49. The van der Waals surface area contributed by atoms with E-state index in [4.69, 9.17) is 10.9 Å². The number of nitrogens with two attached hydrogens (primary N) is 1. The molecule has 2 amide bonds. The number of aliphatic carboxylic acids is 1. The Morgan fingerprint density at radius 2 is 2.00 bits per heavy atom. The van der Waals surface area contributed by atoms with Crippen LogP contribution in [0.4, 0.5) is 23.2 Å². The highest BCUT2D eigenvalue weighted by molar-refractivity contribution is 5.97. The number of amides is 2. The number of nitrogens with one attached hydrogen (secondary N) is 3. The van der Waals surface area contributed by atoms with E-state index in [1.807, 2.05) is 5.32 Å². The molecule has 0 saturated carbocycles. The first-order chi connectivity index (χ1) is 15.4. The fourth-order valence-electron chi connectivity index (χ4n) is 2.99. The number of halogens is 4. The molecule has 0 saturated heterocycles. The number of benzene rings is 1. The lowest BCUT2D eigenvalue weighted by Gasteiger charge is -2.29. The number of hydrazine groups is 1. The Morgan fingerprint density at radius 1 is 1.27 bits per heavy atom. The minimum absolute atomic E-state index is 0.122. The van der Waals surface area contributed by atoms with Gasteiger partial charge in [0.2, 0.25) is 11.7 Å². The maximum atomic E-state index is 15.2. The summed E-state index contributed by atoms with van der Waals surface area (Å²) in [5, 5.41) is 12.8. The number of carbonyl (C=O) groups excluding carboxylic acids is 2. The summed E-state index contributed by atoms with van der Waals surface area (Å²) < 4.78 is 54.6. The Hall–Kier alpha value is -3.74. The molecular weight excluding hydrogens is 450 g/mol. The predicted molar refractivity (Wildman–Crippen MR) is 110 cm³/mol. The molecule has 0 radical (unpaired) electrons. The Morgan fingerprint density at radius 3 is 2.64 bits per heavy atom. The van der Waals surface area contributed by atoms with Crippen LogP contribution >= 0.6 is 0 Å². The molecule has 1 atom stereocenters. The van der Waals surface area contributed by atoms with Crippen LogP contribution < -0.4 is 21.9 Å². The molecule has 0 heterocycles. The molecule has 1 aliphatic carbocycles. The zero-order valence-corrected chi connectivity index (χ0v) is 17.1. The van der Waals surface area contributed by atoms with Crippen molar-refractivity contribution in [3.63, 3.8) is 0 Å². The molecule has 178 valence electrons. The summed E-state index contributed by atoms with van der Waals surface area (Å²) >= 11 is 0. The summed E-state index contributed by atoms with van der Waals surface area (Å²) in [4.78, 5) is 39.0. The lowest BCUT2D eigenvalue weighted by atomic mass is 9.90. The van der Waals surface area contributed by atoms with E-state index in [9.17, 15) is 27.6 Å². The van der Waals surface area contributed by atoms with Crippen LogP contribution in [0.25, 0.3) is 0 Å². The summed E-state index contributed by atoms with van der Waals surface area (Å²) in [6, 6.07) is 5.91. The van der Waals surface area contributed by atoms with Crippen molar-refractivity contribution in [2.24, 2.45) is 10.8 Å². The molecule has 13 heteroatoms. The first-order valence-corrected chi connectivity index (χ1v) is 9.50. The second-order valence-corrected chi connectivity index (χ2v) is 7.04. The van der Waals surface area contributed by atoms with Crippen LogP contribution in [-0.4, -0.2) is 47.7 Å². The Bertz CT molecular complexity index is 1010. The minimum atomic E-state index is -4.90. The molecule has 2 rings (SSSR count). The standard InChI is InChI=1S/C20H21F4N5O4/c21-19(8-12(4-5-17(31)32)6-14(9-19)20(22,23)24)29-16(30)10-26-18(33)13-2-1-3-15(7-13)27-11-28-25/h1-3,6-7,9,11H,4-5,8,10,25H2,(H,26,33)(H,27,28)(H,29,30)(H,31,32). The summed E-state index contributed by atoms with van der Waals surface area (Å²) in [5.74, 6) is -0.880. The van der Waals surface area contributed by atoms with Gasteiger partial charge in [-0.3, -0.25) is 14.4 Å². The van der Waals surface area contributed by atoms with Gasteiger partial charge < -0.3 is 21.2 Å². The fourth-order valence-corrected chi connectivity index (χ4v) is 2.99. The first kappa shape index (κ1) is 25.5. The molecule has 9 nitrogen and oxygen atoms in total. The number of alkyl halides is 4. The normalized spacial score (nSPS) is 18.3. The maximum absolute atomic E-state index is 15.2. The number of hydrogen-bond acceptors (Lipinski definition) is 5. The molecule has 1 aliphatic rings. The Balaban J connectivity index is 2.05. The summed E-state index contributed by atoms with van der Waals surface area (Å²) in [5.41, 5.74) is 1.22. The highest BCUT2D eigenvalue weighted by Crippen LogP contribution is 2.37. The topological polar surface area (TPSA) is 146 Å². The van der Waals surface area contributed by atoms with Crippen molar-refractivity contribution >= 4 is 29.8 Å². The molecule has 1 unspecified atom stereocenters. The number of carbonyl (C=O) groups is 3. The average molecular weight is 471 g/mol. The van der Waals surface area contributed by atoms with Crippen LogP contribution in [0.1, 0.15) is 29.6 Å². The van der Waals surface area contributed by atoms with E-state index in [0.717, 1.165) is 0 Å². The molecule has 0 aromatic heterocycles. The number of rotatable bonds is 9. The van der Waals surface area contributed by atoms with Crippen LogP contribution in [0.5, 0.6) is 0 Å². The largest absolute Gasteiger partial charge is 0.481 e. The fraction of sp³-hybridized carbons (Fsp3) is 0.300. The van der Waals surface area contributed by atoms with Gasteiger partial charge in [0.05, 0.1) is 17.8 Å². The number of carboxylic acid groups (broad SMARTS) is 1. The Labute approximate surface area is 185 Å². The van der Waals surface area contributed by atoms with E-state index in [2.05, 4.69) is 15.7 Å². The zero-order valence-electron chi connectivity index (χ0n) is 17.1. The monoisotopic (exact) mass is 471 g/mol. The maximum Gasteiger partial charge on any atom is 0.416 e. The summed E-state index contributed by atoms with van der Waals surface area (Å²) in [6.07, 6.45) is -4.31. The molecule has 0 fully saturated rings. The number of carboxylic acids is 1. The highest BCUT2D eigenvalue weighted by Gasteiger charge is 2.41. The van der Waals surface area contributed by atoms with Gasteiger partial charge in [0.15, 0.2) is 0 Å². The van der Waals surface area contributed by atoms with Crippen LogP contribution in [0.15, 0.2) is 52.6 Å². The van der Waals surface area contributed by atoms with Crippen molar-refractivity contribution in [1.29, 1.82) is 0 Å². The van der Waals surface area contributed by atoms with E-state index in [-0.39, 0.29) is 23.6 Å². The second-order valence-electron chi connectivity index (χ2n) is 7.04. The van der Waals surface area contributed by atoms with Crippen molar-refractivity contribution in [2.45, 2.75) is 31.2 Å². The SMILES string of the molecule is NNC=Nc1cccc(C(=O)NCC(=O)NC2(F)C=C(C(F)(F)F)C=C(CCC(=O)O)C2)c1. The van der Waals surface area contributed by atoms with Gasteiger partial charge in [0, 0.05) is 18.4 Å². The van der Waals surface area contributed by atoms with E-state index < -0.39 is 54.7 Å². The van der Waals surface area contributed by atoms with Gasteiger partial charge in [-0.2, -0.15) is 13.2 Å². The number of aliphatic imine (C=N–C) groups is 1. The van der Waals surface area contributed by atoms with Crippen molar-refractivity contribution in [3.8, 4) is 0 Å². The number of allylic oxidation sites excluding steroid dienone is 2. The highest BCUT2D eigenvalue weighted by atomic mass is 19.4. The van der Waals surface area contributed by atoms with Gasteiger partial charge in [-0.05, 0) is 30.7 Å². The number of hydrogen-bond donors (Lipinski definition) is 5. The second kappa shape index (κ2) is 10.7. The third-order valence-electron chi connectivity index (χ3n) is 4.37. The smallest absolute Gasteiger partial charge is 0.416 e. The zero-order chi connectivity index (χ0) is 24.6. The van der Waals surface area contributed by atoms with Crippen LogP contribution in [-0.2, 0) is 9.59 Å². The van der Waals surface area contributed by atoms with Gasteiger partial charge in [-0.25, -0.2) is 15.2 Å². The first-order valence-electron chi connectivity index (χ1n) is 9.50. The predicted octanol–water partition coefficient (Wildman–Crippen LogP) is 2.01. The van der Waals surface area contributed by atoms with Crippen molar-refractivity contribution < 1.29 is 37.1 Å². The molecule has 0 spiro atoms. The van der Waals surface area contributed by atoms with Gasteiger partial charge >= 0.3 is 12.1 Å². The van der Waals surface area contributed by atoms with Gasteiger partial charge in [0.1, 0.15) is 6.34 Å². The van der Waals surface area contributed by atoms with Crippen LogP contribution in [0.3, 0.4) is 0 Å². The lowest BCUT2D eigenvalue weighted by molar-refractivity contribution is -0.137. The quantitative estimate of drug-likeness (QED) is 0.0930. The summed E-state index contributed by atoms with van der Waals surface area (Å²) in [6.45, 7) is -0.717. The molecule has 33 heavy (non-hydrogen) atoms. The molecule has 1 aromatic rings. The molecular formula is C20H21F4N5O4. The van der Waals surface area contributed by atoms with Crippen molar-refractivity contribution in [2.75, 3.05) is 6.54 Å². The molecule has 0 bridgehead atoms. The van der Waals surface area contributed by atoms with E-state index in [0.29, 0.717) is 11.8 Å². The van der Waals surface area contributed by atoms with Crippen molar-refractivity contribution in [3.05, 3.63) is 53.1 Å². The Kier molecular flexibility index (Phi) is 8.29. The van der Waals surface area contributed by atoms with Gasteiger partial charge in [-0.15, -0.1) is 0 Å². The van der Waals surface area contributed by atoms with Gasteiger partial charge in [0.25, 0.3) is 5.91 Å². The van der Waals surface area contributed by atoms with Gasteiger partial charge in [-0.1, -0.05) is 17.7 Å². The molecule has 6 N–H and O–H groups in total. The average Bonchev–Trinajstić information content (AvgIpc) is 2.73. The third-order valence-corrected chi connectivity index (χ3v) is 4.37. The van der Waals surface area contributed by atoms with E-state index >= 15 is 4.39 Å². The van der Waals surface area contributed by atoms with E-state index in [1.165, 1.54) is 24.5 Å².